The van der Waals surface area contributed by atoms with Crippen LogP contribution in [-0.4, -0.2) is 70.2 Å². The van der Waals surface area contributed by atoms with E-state index < -0.39 is 64.4 Å². The number of urea groups is 1. The van der Waals surface area contributed by atoms with Gasteiger partial charge in [-0.25, -0.2) is 9.18 Å². The molecule has 2 saturated heterocycles. The van der Waals surface area contributed by atoms with E-state index >= 15 is 0 Å². The minimum absolute atomic E-state index is 0.0621. The van der Waals surface area contributed by atoms with Crippen LogP contribution in [0.2, 0.25) is 0 Å². The molecule has 13 heteroatoms. The molecule has 1 spiro atoms. The third-order valence-electron chi connectivity index (χ3n) is 7.82. The van der Waals surface area contributed by atoms with Crippen LogP contribution in [0.1, 0.15) is 53.7 Å². The van der Waals surface area contributed by atoms with Gasteiger partial charge in [-0.05, 0) is 54.7 Å². The zero-order valence-corrected chi connectivity index (χ0v) is 23.2. The van der Waals surface area contributed by atoms with Crippen LogP contribution in [0.3, 0.4) is 0 Å². The van der Waals surface area contributed by atoms with E-state index in [1.54, 1.807) is 38.1 Å². The fourth-order valence-electron chi connectivity index (χ4n) is 5.35. The molecule has 0 saturated carbocycles. The number of imide groups is 1. The highest BCUT2D eigenvalue weighted by atomic mass is 19.4. The summed E-state index contributed by atoms with van der Waals surface area (Å²) < 4.78 is 53.7. The maximum Gasteiger partial charge on any atom is 0.416 e. The van der Waals surface area contributed by atoms with Crippen LogP contribution in [0.15, 0.2) is 42.5 Å². The Balaban J connectivity index is 1.50. The van der Waals surface area contributed by atoms with Gasteiger partial charge in [-0.1, -0.05) is 26.0 Å². The molecule has 0 aromatic heterocycles. The fraction of sp³-hybridized carbons (Fsp3) is 0.414. The summed E-state index contributed by atoms with van der Waals surface area (Å²) >= 11 is 0. The molecule has 1 atom stereocenters. The molecule has 2 aliphatic rings. The lowest BCUT2D eigenvalue weighted by molar-refractivity contribution is -0.142. The van der Waals surface area contributed by atoms with Gasteiger partial charge < -0.3 is 15.1 Å². The summed E-state index contributed by atoms with van der Waals surface area (Å²) in [6, 6.07) is 8.45. The second-order valence-corrected chi connectivity index (χ2v) is 10.8. The van der Waals surface area contributed by atoms with E-state index in [1.165, 1.54) is 16.8 Å². The largest absolute Gasteiger partial charge is 0.416 e. The molecule has 5 amide bonds. The Morgan fingerprint density at radius 1 is 1.07 bits per heavy atom. The molecular weight excluding hydrogens is 558 g/mol. The van der Waals surface area contributed by atoms with Gasteiger partial charge in [0.05, 0.1) is 22.8 Å². The molecule has 1 N–H and O–H groups in total. The Morgan fingerprint density at radius 2 is 1.69 bits per heavy atom. The molecule has 42 heavy (non-hydrogen) atoms. The van der Waals surface area contributed by atoms with Gasteiger partial charge in [-0.3, -0.25) is 19.3 Å². The summed E-state index contributed by atoms with van der Waals surface area (Å²) in [6.45, 7) is 3.50. The molecule has 9 nitrogen and oxygen atoms in total. The van der Waals surface area contributed by atoms with E-state index in [4.69, 9.17) is 5.26 Å². The highest BCUT2D eigenvalue weighted by Crippen LogP contribution is 2.38. The molecule has 4 rings (SSSR count). The monoisotopic (exact) mass is 587 g/mol. The van der Waals surface area contributed by atoms with Crippen molar-refractivity contribution in [2.24, 2.45) is 5.92 Å². The summed E-state index contributed by atoms with van der Waals surface area (Å²) in [6.07, 6.45) is -4.56. The van der Waals surface area contributed by atoms with Crippen LogP contribution in [-0.2, 0) is 22.3 Å². The third-order valence-corrected chi connectivity index (χ3v) is 7.82. The quantitative estimate of drug-likeness (QED) is 0.407. The maximum absolute atomic E-state index is 14.3. The molecule has 2 heterocycles. The van der Waals surface area contributed by atoms with Crippen molar-refractivity contribution in [3.05, 3.63) is 70.5 Å². The van der Waals surface area contributed by atoms with Crippen molar-refractivity contribution < 1.29 is 36.7 Å². The SMILES string of the molecule is CC(C)[C@@H](NC(=O)c1cc(C(F)(F)F)ccc1F)C(=O)N1CCC2(CC1)C(=O)N(C)C(=O)N2Cc1ccc(C#N)cc1. The highest BCUT2D eigenvalue weighted by Gasteiger charge is 2.57. The number of carbonyl (C=O) groups is 4. The summed E-state index contributed by atoms with van der Waals surface area (Å²) in [5.74, 6) is -3.76. The third kappa shape index (κ3) is 5.66. The van der Waals surface area contributed by atoms with E-state index in [9.17, 15) is 36.7 Å². The zero-order chi connectivity index (χ0) is 31.0. The average molecular weight is 588 g/mol. The molecular formula is C29H29F4N5O4. The number of alkyl halides is 3. The lowest BCUT2D eigenvalue weighted by Gasteiger charge is -2.43. The van der Waals surface area contributed by atoms with Gasteiger partial charge in [0.1, 0.15) is 17.4 Å². The van der Waals surface area contributed by atoms with Gasteiger partial charge in [0, 0.05) is 26.7 Å². The maximum atomic E-state index is 14.3. The van der Waals surface area contributed by atoms with Crippen LogP contribution in [0.25, 0.3) is 0 Å². The van der Waals surface area contributed by atoms with Crippen molar-refractivity contribution in [1.29, 1.82) is 5.26 Å². The molecule has 2 fully saturated rings. The van der Waals surface area contributed by atoms with E-state index in [0.717, 1.165) is 4.90 Å². The number of rotatable bonds is 6. The molecule has 2 aromatic rings. The molecule has 2 aliphatic heterocycles. The second kappa shape index (κ2) is 11.4. The van der Waals surface area contributed by atoms with Crippen LogP contribution in [0, 0.1) is 23.1 Å². The van der Waals surface area contributed by atoms with Gasteiger partial charge >= 0.3 is 12.2 Å². The fourth-order valence-corrected chi connectivity index (χ4v) is 5.35. The van der Waals surface area contributed by atoms with Gasteiger partial charge in [-0.15, -0.1) is 0 Å². The predicted molar refractivity (Wildman–Crippen MR) is 141 cm³/mol. The number of nitrogens with zero attached hydrogens (tertiary/aromatic N) is 4. The van der Waals surface area contributed by atoms with E-state index in [-0.39, 0.29) is 32.5 Å². The Hall–Kier alpha value is -4.47. The minimum atomic E-state index is -4.79. The Bertz CT molecular complexity index is 1440. The number of nitrogens with one attached hydrogen (secondary N) is 1. The molecule has 0 radical (unpaired) electrons. The summed E-state index contributed by atoms with van der Waals surface area (Å²) in [7, 11) is 1.39. The number of likely N-dealkylation sites (tertiary alicyclic amines) is 1. The van der Waals surface area contributed by atoms with Crippen LogP contribution in [0.4, 0.5) is 22.4 Å². The van der Waals surface area contributed by atoms with Crippen molar-refractivity contribution in [3.63, 3.8) is 0 Å². The molecule has 0 unspecified atom stereocenters. The highest BCUT2D eigenvalue weighted by molar-refractivity contribution is 6.07. The first-order valence-corrected chi connectivity index (χ1v) is 13.2. The molecule has 222 valence electrons. The number of nitriles is 1. The topological polar surface area (TPSA) is 114 Å². The molecule has 2 aromatic carbocycles. The van der Waals surface area contributed by atoms with E-state index in [0.29, 0.717) is 29.3 Å². The number of likely N-dealkylation sites (N-methyl/N-ethyl adjacent to an activating group) is 1. The van der Waals surface area contributed by atoms with Gasteiger partial charge in [-0.2, -0.15) is 18.4 Å². The number of hydrogen-bond donors (Lipinski definition) is 1. The first kappa shape index (κ1) is 30.5. The second-order valence-electron chi connectivity index (χ2n) is 10.8. The first-order valence-electron chi connectivity index (χ1n) is 13.2. The smallest absolute Gasteiger partial charge is 0.341 e. The number of amides is 5. The number of piperidine rings is 1. The number of hydrogen-bond acceptors (Lipinski definition) is 5. The first-order chi connectivity index (χ1) is 19.7. The van der Waals surface area contributed by atoms with Gasteiger partial charge in [0.2, 0.25) is 5.91 Å². The van der Waals surface area contributed by atoms with Gasteiger partial charge in [0.25, 0.3) is 11.8 Å². The predicted octanol–water partition coefficient (Wildman–Crippen LogP) is 3.93. The van der Waals surface area contributed by atoms with Crippen LogP contribution < -0.4 is 5.32 Å². The van der Waals surface area contributed by atoms with Crippen molar-refractivity contribution >= 4 is 23.8 Å². The molecule has 0 aliphatic carbocycles. The van der Waals surface area contributed by atoms with Crippen LogP contribution in [0.5, 0.6) is 0 Å². The number of benzene rings is 2. The number of carbonyl (C=O) groups excluding carboxylic acids is 4. The standard InChI is InChI=1S/C29H29F4N5O4/c1-17(2)23(35-24(39)21-14-20(29(31,32)33)8-9-22(21)30)25(40)37-12-10-28(11-13-37)26(41)36(3)27(42)38(28)16-19-6-4-18(15-34)5-7-19/h4-9,14,17,23H,10-13,16H2,1-3H3,(H,35,39)/t23-/m1/s1. The van der Waals surface area contributed by atoms with E-state index in [1.807, 2.05) is 6.07 Å². The average Bonchev–Trinajstić information content (AvgIpc) is 3.12. The van der Waals surface area contributed by atoms with Crippen LogP contribution >= 0.6 is 0 Å². The van der Waals surface area contributed by atoms with Crippen molar-refractivity contribution in [3.8, 4) is 6.07 Å². The Morgan fingerprint density at radius 3 is 2.24 bits per heavy atom. The summed E-state index contributed by atoms with van der Waals surface area (Å²) in [4.78, 5) is 56.6. The van der Waals surface area contributed by atoms with Crippen molar-refractivity contribution in [2.75, 3.05) is 20.1 Å². The lowest BCUT2D eigenvalue weighted by atomic mass is 9.85. The van der Waals surface area contributed by atoms with Crippen molar-refractivity contribution in [2.45, 2.75) is 51.0 Å². The van der Waals surface area contributed by atoms with Crippen molar-refractivity contribution in [1.82, 2.24) is 20.0 Å². The Kier molecular flexibility index (Phi) is 8.29. The molecule has 0 bridgehead atoms. The zero-order valence-electron chi connectivity index (χ0n) is 23.2. The number of halogens is 4. The summed E-state index contributed by atoms with van der Waals surface area (Å²) in [5.41, 5.74) is -2.07. The normalized spacial score (nSPS) is 17.5. The summed E-state index contributed by atoms with van der Waals surface area (Å²) in [5, 5.41) is 11.4. The minimum Gasteiger partial charge on any atom is -0.341 e. The Labute approximate surface area is 239 Å². The van der Waals surface area contributed by atoms with Gasteiger partial charge in [0.15, 0.2) is 0 Å². The van der Waals surface area contributed by atoms with E-state index in [2.05, 4.69) is 5.32 Å². The lowest BCUT2D eigenvalue weighted by Crippen LogP contribution is -2.60.